The summed E-state index contributed by atoms with van der Waals surface area (Å²) in [7, 11) is -1.83. The lowest BCUT2D eigenvalue weighted by molar-refractivity contribution is 0.141. The predicted molar refractivity (Wildman–Crippen MR) is 63.8 cm³/mol. The molecule has 0 aliphatic carbocycles. The van der Waals surface area contributed by atoms with Crippen LogP contribution in [0, 0.1) is 17.1 Å². The lowest BCUT2D eigenvalue weighted by Crippen LogP contribution is -2.37. The van der Waals surface area contributed by atoms with E-state index in [1.54, 1.807) is 19.1 Å². The topological polar surface area (TPSA) is 33.0 Å². The van der Waals surface area contributed by atoms with Crippen LogP contribution in [0.4, 0.5) is 4.39 Å². The summed E-state index contributed by atoms with van der Waals surface area (Å²) >= 11 is 0. The molecule has 1 unspecified atom stereocenters. The molecule has 1 rings (SSSR count). The van der Waals surface area contributed by atoms with E-state index in [1.165, 1.54) is 12.1 Å². The Morgan fingerprint density at radius 2 is 1.75 bits per heavy atom. The van der Waals surface area contributed by atoms with E-state index in [0.29, 0.717) is 5.56 Å². The van der Waals surface area contributed by atoms with Crippen molar-refractivity contribution in [1.29, 1.82) is 5.26 Å². The van der Waals surface area contributed by atoms with Crippen molar-refractivity contribution in [1.82, 2.24) is 0 Å². The van der Waals surface area contributed by atoms with Gasteiger partial charge in [0.25, 0.3) is 0 Å². The quantitative estimate of drug-likeness (QED) is 0.755. The molecule has 0 bridgehead atoms. The zero-order chi connectivity index (χ0) is 12.4. The highest BCUT2D eigenvalue weighted by atomic mass is 28.4. The van der Waals surface area contributed by atoms with Gasteiger partial charge in [-0.2, -0.15) is 5.26 Å². The smallest absolute Gasteiger partial charge is 0.186 e. The van der Waals surface area contributed by atoms with Gasteiger partial charge in [-0.05, 0) is 44.3 Å². The molecule has 0 N–H and O–H groups in total. The van der Waals surface area contributed by atoms with E-state index in [-0.39, 0.29) is 5.82 Å². The molecule has 0 saturated heterocycles. The number of rotatable bonds is 3. The SMILES string of the molecule is CC(C#N)(O[Si](C)(C)C)c1ccc(F)cc1. The summed E-state index contributed by atoms with van der Waals surface area (Å²) in [6.45, 7) is 7.78. The van der Waals surface area contributed by atoms with Gasteiger partial charge in [0.05, 0.1) is 0 Å². The summed E-state index contributed by atoms with van der Waals surface area (Å²) in [4.78, 5) is 0. The molecule has 0 aromatic heterocycles. The van der Waals surface area contributed by atoms with Crippen LogP contribution in [0.2, 0.25) is 19.6 Å². The summed E-state index contributed by atoms with van der Waals surface area (Å²) in [6, 6.07) is 8.04. The third kappa shape index (κ3) is 3.16. The first-order chi connectivity index (χ1) is 7.27. The van der Waals surface area contributed by atoms with Crippen molar-refractivity contribution in [2.24, 2.45) is 0 Å². The van der Waals surface area contributed by atoms with E-state index >= 15 is 0 Å². The Morgan fingerprint density at radius 3 is 2.12 bits per heavy atom. The number of nitrogens with zero attached hydrogens (tertiary/aromatic N) is 1. The second kappa shape index (κ2) is 4.36. The number of nitriles is 1. The Morgan fingerprint density at radius 1 is 1.25 bits per heavy atom. The van der Waals surface area contributed by atoms with E-state index in [0.717, 1.165) is 0 Å². The van der Waals surface area contributed by atoms with Crippen LogP contribution in [0.3, 0.4) is 0 Å². The van der Waals surface area contributed by atoms with Crippen LogP contribution in [-0.4, -0.2) is 8.32 Å². The second-order valence-corrected chi connectivity index (χ2v) is 9.30. The van der Waals surface area contributed by atoms with Crippen molar-refractivity contribution in [2.45, 2.75) is 32.2 Å². The number of hydrogen-bond donors (Lipinski definition) is 0. The Balaban J connectivity index is 3.06. The fourth-order valence-corrected chi connectivity index (χ4v) is 2.91. The summed E-state index contributed by atoms with van der Waals surface area (Å²) in [5, 5.41) is 9.22. The van der Waals surface area contributed by atoms with Crippen LogP contribution in [0.5, 0.6) is 0 Å². The van der Waals surface area contributed by atoms with E-state index in [4.69, 9.17) is 4.43 Å². The van der Waals surface area contributed by atoms with Crippen LogP contribution in [0.15, 0.2) is 24.3 Å². The molecule has 0 spiro atoms. The molecule has 1 atom stereocenters. The minimum absolute atomic E-state index is 0.308. The number of halogens is 1. The lowest BCUT2D eigenvalue weighted by Gasteiger charge is -2.30. The van der Waals surface area contributed by atoms with Crippen LogP contribution in [0.25, 0.3) is 0 Å². The molecule has 16 heavy (non-hydrogen) atoms. The molecule has 1 aromatic carbocycles. The van der Waals surface area contributed by atoms with Gasteiger partial charge >= 0.3 is 0 Å². The highest BCUT2D eigenvalue weighted by Crippen LogP contribution is 2.28. The van der Waals surface area contributed by atoms with Gasteiger partial charge in [-0.3, -0.25) is 0 Å². The maximum atomic E-state index is 12.8. The van der Waals surface area contributed by atoms with Gasteiger partial charge in [0, 0.05) is 0 Å². The van der Waals surface area contributed by atoms with E-state index in [9.17, 15) is 9.65 Å². The van der Waals surface area contributed by atoms with Gasteiger partial charge in [0.15, 0.2) is 13.9 Å². The van der Waals surface area contributed by atoms with Crippen molar-refractivity contribution in [3.05, 3.63) is 35.6 Å². The normalized spacial score (nSPS) is 15.2. The van der Waals surface area contributed by atoms with Crippen molar-refractivity contribution in [2.75, 3.05) is 0 Å². The van der Waals surface area contributed by atoms with Gasteiger partial charge < -0.3 is 4.43 Å². The molecule has 0 amide bonds. The lowest BCUT2D eigenvalue weighted by atomic mass is 9.98. The summed E-state index contributed by atoms with van der Waals surface area (Å²) in [6.07, 6.45) is 0. The van der Waals surface area contributed by atoms with Gasteiger partial charge in [-0.15, -0.1) is 0 Å². The van der Waals surface area contributed by atoms with Gasteiger partial charge in [-0.1, -0.05) is 12.1 Å². The van der Waals surface area contributed by atoms with Gasteiger partial charge in [0.1, 0.15) is 11.9 Å². The largest absolute Gasteiger partial charge is 0.397 e. The molecule has 0 saturated carbocycles. The fraction of sp³-hybridized carbons (Fsp3) is 0.417. The average Bonchev–Trinajstić information content (AvgIpc) is 2.16. The van der Waals surface area contributed by atoms with Crippen molar-refractivity contribution >= 4 is 8.32 Å². The Bertz CT molecular complexity index is 405. The van der Waals surface area contributed by atoms with Crippen molar-refractivity contribution in [3.63, 3.8) is 0 Å². The zero-order valence-electron chi connectivity index (χ0n) is 10.0. The molecule has 1 aromatic rings. The van der Waals surface area contributed by atoms with Crippen molar-refractivity contribution < 1.29 is 8.82 Å². The Labute approximate surface area is 96.8 Å². The van der Waals surface area contributed by atoms with Crippen LogP contribution < -0.4 is 0 Å². The van der Waals surface area contributed by atoms with E-state index in [2.05, 4.69) is 6.07 Å². The van der Waals surface area contributed by atoms with Crippen molar-refractivity contribution in [3.8, 4) is 6.07 Å². The van der Waals surface area contributed by atoms with E-state index in [1.807, 2.05) is 19.6 Å². The fourth-order valence-electron chi connectivity index (χ4n) is 1.53. The predicted octanol–water partition coefficient (Wildman–Crippen LogP) is 3.42. The number of hydrogen-bond acceptors (Lipinski definition) is 2. The Kier molecular flexibility index (Phi) is 3.51. The molecule has 0 heterocycles. The van der Waals surface area contributed by atoms with E-state index < -0.39 is 13.9 Å². The monoisotopic (exact) mass is 237 g/mol. The molecule has 0 fully saturated rings. The molecular formula is C12H16FNOSi. The highest BCUT2D eigenvalue weighted by Gasteiger charge is 2.33. The van der Waals surface area contributed by atoms with Crippen LogP contribution >= 0.6 is 0 Å². The second-order valence-electron chi connectivity index (χ2n) is 4.87. The Hall–Kier alpha value is -1.18. The van der Waals surface area contributed by atoms with Gasteiger partial charge in [0.2, 0.25) is 0 Å². The molecule has 4 heteroatoms. The number of benzene rings is 1. The van der Waals surface area contributed by atoms with Crippen LogP contribution in [0.1, 0.15) is 12.5 Å². The van der Waals surface area contributed by atoms with Gasteiger partial charge in [-0.25, -0.2) is 4.39 Å². The molecule has 0 aliphatic heterocycles. The molecular weight excluding hydrogens is 221 g/mol. The first-order valence-corrected chi connectivity index (χ1v) is 8.55. The van der Waals surface area contributed by atoms with Crippen LogP contribution in [-0.2, 0) is 10.0 Å². The summed E-state index contributed by atoms with van der Waals surface area (Å²) < 4.78 is 18.7. The molecule has 86 valence electrons. The average molecular weight is 237 g/mol. The zero-order valence-corrected chi connectivity index (χ0v) is 11.0. The minimum Gasteiger partial charge on any atom is -0.397 e. The minimum atomic E-state index is -1.83. The first kappa shape index (κ1) is 12.9. The summed E-state index contributed by atoms with van der Waals surface area (Å²) in [5.74, 6) is -0.308. The highest BCUT2D eigenvalue weighted by molar-refractivity contribution is 6.69. The standard InChI is InChI=1S/C12H16FNOSi/c1-12(9-14,15-16(2,3)4)10-5-7-11(13)8-6-10/h5-8H,1-4H3. The molecule has 0 aliphatic rings. The molecule has 2 nitrogen and oxygen atoms in total. The third-order valence-electron chi connectivity index (χ3n) is 2.12. The summed E-state index contributed by atoms with van der Waals surface area (Å²) in [5.41, 5.74) is -0.295. The maximum absolute atomic E-state index is 12.8. The maximum Gasteiger partial charge on any atom is 0.186 e. The first-order valence-electron chi connectivity index (χ1n) is 5.14. The third-order valence-corrected chi connectivity index (χ3v) is 3.14. The molecule has 0 radical (unpaired) electrons.